The number of hydrogen-bond acceptors (Lipinski definition) is 8. The molecule has 2 aromatic carbocycles. The Labute approximate surface area is 222 Å². The summed E-state index contributed by atoms with van der Waals surface area (Å²) in [6, 6.07) is 14.2. The first-order valence-electron chi connectivity index (χ1n) is 12.5. The van der Waals surface area contributed by atoms with Crippen LogP contribution in [0.25, 0.3) is 0 Å². The second-order valence-corrected chi connectivity index (χ2v) is 9.07. The van der Waals surface area contributed by atoms with Gasteiger partial charge in [-0.3, -0.25) is 4.79 Å². The molecule has 9 nitrogen and oxygen atoms in total. The van der Waals surface area contributed by atoms with Crippen LogP contribution in [0.3, 0.4) is 0 Å². The topological polar surface area (TPSA) is 90.7 Å². The Morgan fingerprint density at radius 1 is 0.868 bits per heavy atom. The highest BCUT2D eigenvalue weighted by Crippen LogP contribution is 2.34. The molecule has 0 unspecified atom stereocenters. The van der Waals surface area contributed by atoms with E-state index in [0.29, 0.717) is 22.7 Å². The molecule has 0 atom stereocenters. The molecule has 1 amide bonds. The molecular formula is C29H34N2O7. The molecule has 4 rings (SSSR count). The van der Waals surface area contributed by atoms with Crippen molar-refractivity contribution in [1.82, 2.24) is 4.90 Å². The number of methoxy groups -OCH3 is 4. The summed E-state index contributed by atoms with van der Waals surface area (Å²) in [6.45, 7) is 2.59. The zero-order valence-electron chi connectivity index (χ0n) is 22.3. The smallest absolute Gasteiger partial charge is 0.335 e. The van der Waals surface area contributed by atoms with Gasteiger partial charge in [0, 0.05) is 43.5 Å². The van der Waals surface area contributed by atoms with Gasteiger partial charge in [0.05, 0.1) is 34.0 Å². The van der Waals surface area contributed by atoms with Gasteiger partial charge in [-0.1, -0.05) is 6.07 Å². The highest BCUT2D eigenvalue weighted by atomic mass is 16.5. The van der Waals surface area contributed by atoms with E-state index in [9.17, 15) is 9.59 Å². The van der Waals surface area contributed by atoms with Gasteiger partial charge in [-0.15, -0.1) is 0 Å². The Hall–Kier alpha value is -3.98. The predicted octanol–water partition coefficient (Wildman–Crippen LogP) is 4.03. The molecule has 202 valence electrons. The normalized spacial score (nSPS) is 14.1. The summed E-state index contributed by atoms with van der Waals surface area (Å²) in [5.74, 6) is 2.33. The number of amides is 1. The van der Waals surface area contributed by atoms with Crippen molar-refractivity contribution in [3.05, 3.63) is 76.3 Å². The molecular weight excluding hydrogens is 488 g/mol. The van der Waals surface area contributed by atoms with E-state index >= 15 is 0 Å². The highest BCUT2D eigenvalue weighted by Gasteiger charge is 2.31. The lowest BCUT2D eigenvalue weighted by Gasteiger charge is -2.38. The van der Waals surface area contributed by atoms with Crippen LogP contribution in [-0.2, 0) is 6.42 Å². The number of nitrogens with zero attached hydrogens (tertiary/aromatic N) is 2. The predicted molar refractivity (Wildman–Crippen MR) is 144 cm³/mol. The van der Waals surface area contributed by atoms with Crippen LogP contribution in [0.15, 0.2) is 64.0 Å². The first-order chi connectivity index (χ1) is 18.5. The van der Waals surface area contributed by atoms with Gasteiger partial charge in [-0.25, -0.2) is 4.79 Å². The Kier molecular flexibility index (Phi) is 8.91. The number of likely N-dealkylation sites (tertiary alicyclic amines) is 1. The van der Waals surface area contributed by atoms with Crippen molar-refractivity contribution in [2.45, 2.75) is 25.3 Å². The van der Waals surface area contributed by atoms with Crippen LogP contribution in [0.2, 0.25) is 0 Å². The number of carbonyl (C=O) groups excluding carboxylic acids is 1. The first kappa shape index (κ1) is 27.1. The van der Waals surface area contributed by atoms with Crippen molar-refractivity contribution in [2.24, 2.45) is 0 Å². The molecule has 1 aromatic heterocycles. The minimum Gasteiger partial charge on any atom is -0.493 e. The Bertz CT molecular complexity index is 1280. The van der Waals surface area contributed by atoms with Crippen LogP contribution in [-0.4, -0.2) is 64.9 Å². The average molecular weight is 523 g/mol. The fourth-order valence-electron chi connectivity index (χ4n) is 4.81. The first-order valence-corrected chi connectivity index (χ1v) is 12.5. The van der Waals surface area contributed by atoms with E-state index < -0.39 is 5.63 Å². The van der Waals surface area contributed by atoms with Gasteiger partial charge >= 0.3 is 5.63 Å². The molecule has 0 bridgehead atoms. The quantitative estimate of drug-likeness (QED) is 0.394. The minimum atomic E-state index is -0.498. The second kappa shape index (κ2) is 12.5. The summed E-state index contributed by atoms with van der Waals surface area (Å²) in [6.07, 6.45) is 3.69. The van der Waals surface area contributed by atoms with Crippen molar-refractivity contribution in [3.63, 3.8) is 0 Å². The van der Waals surface area contributed by atoms with Crippen LogP contribution >= 0.6 is 0 Å². The van der Waals surface area contributed by atoms with Crippen molar-refractivity contribution in [2.75, 3.05) is 53.0 Å². The molecule has 0 aliphatic carbocycles. The van der Waals surface area contributed by atoms with Crippen molar-refractivity contribution < 1.29 is 28.2 Å². The van der Waals surface area contributed by atoms with E-state index in [1.54, 1.807) is 45.5 Å². The van der Waals surface area contributed by atoms with Crippen molar-refractivity contribution in [1.29, 1.82) is 0 Å². The monoisotopic (exact) mass is 522 g/mol. The van der Waals surface area contributed by atoms with Crippen LogP contribution in [0.1, 0.15) is 28.8 Å². The van der Waals surface area contributed by atoms with Gasteiger partial charge in [-0.05, 0) is 55.2 Å². The molecule has 2 heterocycles. The van der Waals surface area contributed by atoms with E-state index in [-0.39, 0.29) is 11.9 Å². The number of anilines is 1. The van der Waals surface area contributed by atoms with Crippen molar-refractivity contribution in [3.8, 4) is 23.0 Å². The maximum Gasteiger partial charge on any atom is 0.335 e. The number of ether oxygens (including phenoxy) is 4. The molecule has 0 N–H and O–H groups in total. The van der Waals surface area contributed by atoms with Crippen LogP contribution in [0.4, 0.5) is 5.69 Å². The zero-order valence-corrected chi connectivity index (χ0v) is 22.3. The van der Waals surface area contributed by atoms with Gasteiger partial charge in [0.25, 0.3) is 5.91 Å². The summed E-state index contributed by atoms with van der Waals surface area (Å²) in [5, 5.41) is 0. The van der Waals surface area contributed by atoms with Gasteiger partial charge in [-0.2, -0.15) is 0 Å². The lowest BCUT2D eigenvalue weighted by atomic mass is 10.00. The number of benzene rings is 2. The van der Waals surface area contributed by atoms with Gasteiger partial charge in [0.15, 0.2) is 23.0 Å². The third-order valence-electron chi connectivity index (χ3n) is 6.90. The molecule has 1 fully saturated rings. The molecule has 9 heteroatoms. The summed E-state index contributed by atoms with van der Waals surface area (Å²) >= 11 is 0. The number of rotatable bonds is 10. The molecule has 0 radical (unpaired) electrons. The number of hydrogen-bond donors (Lipinski definition) is 0. The van der Waals surface area contributed by atoms with E-state index in [2.05, 4.69) is 11.0 Å². The fourth-order valence-corrected chi connectivity index (χ4v) is 4.81. The molecule has 1 saturated heterocycles. The molecule has 0 saturated carbocycles. The largest absolute Gasteiger partial charge is 0.493 e. The van der Waals surface area contributed by atoms with E-state index in [1.807, 2.05) is 18.2 Å². The van der Waals surface area contributed by atoms with Gasteiger partial charge in [0.2, 0.25) is 0 Å². The lowest BCUT2D eigenvalue weighted by Crippen LogP contribution is -2.48. The Balaban J connectivity index is 1.49. The van der Waals surface area contributed by atoms with E-state index in [4.69, 9.17) is 23.4 Å². The molecule has 1 aliphatic heterocycles. The standard InChI is InChI=1S/C29H34N2O7/c1-34-24-8-5-20(17-26(24)36-3)11-14-30-15-12-22(13-16-30)31(29(33)21-6-10-28(32)38-19-21)23-7-9-25(35-2)27(18-23)37-4/h5-10,17-19,22H,11-16H2,1-4H3. The lowest BCUT2D eigenvalue weighted by molar-refractivity contribution is 0.0958. The minimum absolute atomic E-state index is 0.0372. The second-order valence-electron chi connectivity index (χ2n) is 9.07. The van der Waals surface area contributed by atoms with E-state index in [0.717, 1.165) is 50.4 Å². The fraction of sp³-hybridized carbons (Fsp3) is 0.379. The number of carbonyl (C=O) groups is 1. The molecule has 38 heavy (non-hydrogen) atoms. The summed E-state index contributed by atoms with van der Waals surface area (Å²) in [7, 11) is 6.41. The molecule has 1 aliphatic rings. The van der Waals surface area contributed by atoms with Crippen molar-refractivity contribution >= 4 is 11.6 Å². The highest BCUT2D eigenvalue weighted by molar-refractivity contribution is 6.06. The SMILES string of the molecule is COc1ccc(CCN2CCC(N(C(=O)c3ccc(=O)oc3)c3ccc(OC)c(OC)c3)CC2)cc1OC. The third kappa shape index (κ3) is 6.11. The maximum atomic E-state index is 13.7. The summed E-state index contributed by atoms with van der Waals surface area (Å²) < 4.78 is 26.6. The van der Waals surface area contributed by atoms with Gasteiger partial charge < -0.3 is 33.2 Å². The molecule has 0 spiro atoms. The summed E-state index contributed by atoms with van der Waals surface area (Å²) in [4.78, 5) is 29.3. The van der Waals surface area contributed by atoms with Crippen LogP contribution in [0, 0.1) is 0 Å². The number of piperidine rings is 1. The van der Waals surface area contributed by atoms with Gasteiger partial charge in [0.1, 0.15) is 6.26 Å². The Morgan fingerprint density at radius 3 is 2.11 bits per heavy atom. The van der Waals surface area contributed by atoms with Crippen LogP contribution < -0.4 is 29.5 Å². The van der Waals surface area contributed by atoms with Crippen LogP contribution in [0.5, 0.6) is 23.0 Å². The average Bonchev–Trinajstić information content (AvgIpc) is 2.96. The zero-order chi connectivity index (χ0) is 27.1. The maximum absolute atomic E-state index is 13.7. The van der Waals surface area contributed by atoms with E-state index in [1.165, 1.54) is 24.0 Å². The Morgan fingerprint density at radius 2 is 1.50 bits per heavy atom. The summed E-state index contributed by atoms with van der Waals surface area (Å²) in [5.41, 5.74) is 1.69. The molecule has 3 aromatic rings. The third-order valence-corrected chi connectivity index (χ3v) is 6.90.